The average Bonchev–Trinajstić information content (AvgIpc) is 2.60. The molecule has 2 N–H and O–H groups in total. The largest absolute Gasteiger partial charge is 0.388 e. The summed E-state index contributed by atoms with van der Waals surface area (Å²) in [5.74, 6) is 0.0143. The van der Waals surface area contributed by atoms with Gasteiger partial charge in [-0.3, -0.25) is 4.79 Å². The molecule has 0 heterocycles. The minimum atomic E-state index is -0.556. The summed E-state index contributed by atoms with van der Waals surface area (Å²) < 4.78 is 0. The number of hydrogen-bond acceptors (Lipinski definition) is 2. The summed E-state index contributed by atoms with van der Waals surface area (Å²) in [4.78, 5) is 12.0. The van der Waals surface area contributed by atoms with Crippen LogP contribution >= 0.6 is 0 Å². The molecule has 0 aromatic heterocycles. The topological polar surface area (TPSA) is 49.3 Å². The van der Waals surface area contributed by atoms with Crippen molar-refractivity contribution >= 4 is 12.0 Å². The van der Waals surface area contributed by atoms with E-state index in [0.29, 0.717) is 19.3 Å². The van der Waals surface area contributed by atoms with Crippen molar-refractivity contribution in [3.63, 3.8) is 0 Å². The number of aliphatic hydroxyl groups is 1. The van der Waals surface area contributed by atoms with Gasteiger partial charge in [0.25, 0.3) is 0 Å². The summed E-state index contributed by atoms with van der Waals surface area (Å²) in [7, 11) is 0. The standard InChI is InChI=1S/C21H25NO2/c1-17(16-20(23)19-13-6-3-7-14-19)22-21(24)15-9-8-12-18-10-4-2-5-11-18/h2-8,10-14,17,20,23H,9,15-16H2,1H3,(H,22,24)/b12-8+. The maximum absolute atomic E-state index is 12.0. The number of benzene rings is 2. The Labute approximate surface area is 144 Å². The number of carbonyl (C=O) groups excluding carboxylic acids is 1. The van der Waals surface area contributed by atoms with Crippen LogP contribution in [0.3, 0.4) is 0 Å². The van der Waals surface area contributed by atoms with Crippen molar-refractivity contribution in [1.29, 1.82) is 0 Å². The van der Waals surface area contributed by atoms with Crippen LogP contribution in [-0.2, 0) is 4.79 Å². The van der Waals surface area contributed by atoms with Gasteiger partial charge in [-0.15, -0.1) is 0 Å². The molecule has 0 saturated heterocycles. The van der Waals surface area contributed by atoms with Crippen molar-refractivity contribution < 1.29 is 9.90 Å². The quantitative estimate of drug-likeness (QED) is 0.768. The average molecular weight is 323 g/mol. The summed E-state index contributed by atoms with van der Waals surface area (Å²) >= 11 is 0. The van der Waals surface area contributed by atoms with Crippen LogP contribution in [0.2, 0.25) is 0 Å². The van der Waals surface area contributed by atoms with Gasteiger partial charge in [0.1, 0.15) is 0 Å². The minimum absolute atomic E-state index is 0.0143. The highest BCUT2D eigenvalue weighted by Crippen LogP contribution is 2.17. The Bertz CT molecular complexity index is 637. The van der Waals surface area contributed by atoms with E-state index in [1.54, 1.807) is 0 Å². The van der Waals surface area contributed by atoms with Gasteiger partial charge in [-0.2, -0.15) is 0 Å². The molecule has 126 valence electrons. The smallest absolute Gasteiger partial charge is 0.220 e. The summed E-state index contributed by atoms with van der Waals surface area (Å²) in [5.41, 5.74) is 2.02. The molecule has 24 heavy (non-hydrogen) atoms. The molecule has 0 saturated carbocycles. The first-order valence-corrected chi connectivity index (χ1v) is 8.39. The van der Waals surface area contributed by atoms with Gasteiger partial charge in [0.15, 0.2) is 0 Å². The summed E-state index contributed by atoms with van der Waals surface area (Å²) in [5, 5.41) is 13.1. The van der Waals surface area contributed by atoms with Gasteiger partial charge in [-0.05, 0) is 30.9 Å². The number of amides is 1. The van der Waals surface area contributed by atoms with Crippen LogP contribution in [0.15, 0.2) is 66.7 Å². The van der Waals surface area contributed by atoms with Gasteiger partial charge in [0.05, 0.1) is 6.10 Å². The lowest BCUT2D eigenvalue weighted by molar-refractivity contribution is -0.121. The van der Waals surface area contributed by atoms with Gasteiger partial charge < -0.3 is 10.4 Å². The second kappa shape index (κ2) is 9.68. The molecule has 3 heteroatoms. The van der Waals surface area contributed by atoms with Gasteiger partial charge in [0.2, 0.25) is 5.91 Å². The first-order chi connectivity index (χ1) is 11.6. The number of carbonyl (C=O) groups is 1. The van der Waals surface area contributed by atoms with Crippen LogP contribution in [0.5, 0.6) is 0 Å². The number of hydrogen-bond donors (Lipinski definition) is 2. The first-order valence-electron chi connectivity index (χ1n) is 8.39. The maximum Gasteiger partial charge on any atom is 0.220 e. The molecule has 2 rings (SSSR count). The lowest BCUT2D eigenvalue weighted by atomic mass is 10.0. The number of allylic oxidation sites excluding steroid dienone is 1. The summed E-state index contributed by atoms with van der Waals surface area (Å²) in [6.45, 7) is 1.92. The molecule has 0 aliphatic carbocycles. The fourth-order valence-corrected chi connectivity index (χ4v) is 2.55. The molecule has 2 atom stereocenters. The van der Waals surface area contributed by atoms with Crippen LogP contribution in [0.4, 0.5) is 0 Å². The van der Waals surface area contributed by atoms with E-state index in [9.17, 15) is 9.90 Å². The van der Waals surface area contributed by atoms with Crippen LogP contribution in [0.25, 0.3) is 6.08 Å². The number of nitrogens with one attached hydrogen (secondary N) is 1. The van der Waals surface area contributed by atoms with Crippen molar-refractivity contribution in [3.05, 3.63) is 77.9 Å². The van der Waals surface area contributed by atoms with Crippen LogP contribution in [0.1, 0.15) is 43.4 Å². The number of aliphatic hydroxyl groups excluding tert-OH is 1. The molecule has 0 spiro atoms. The third kappa shape index (κ3) is 6.39. The Morgan fingerprint density at radius 2 is 1.71 bits per heavy atom. The maximum atomic E-state index is 12.0. The molecule has 1 amide bonds. The van der Waals surface area contributed by atoms with E-state index >= 15 is 0 Å². The van der Waals surface area contributed by atoms with Crippen LogP contribution in [0, 0.1) is 0 Å². The van der Waals surface area contributed by atoms with Crippen molar-refractivity contribution in [3.8, 4) is 0 Å². The van der Waals surface area contributed by atoms with E-state index in [2.05, 4.69) is 5.32 Å². The summed E-state index contributed by atoms with van der Waals surface area (Å²) in [6.07, 6.45) is 5.15. The Morgan fingerprint density at radius 3 is 2.38 bits per heavy atom. The van der Waals surface area contributed by atoms with Crippen molar-refractivity contribution in [2.45, 2.75) is 38.3 Å². The molecule has 2 aromatic carbocycles. The molecule has 2 unspecified atom stereocenters. The molecular formula is C21H25NO2. The lowest BCUT2D eigenvalue weighted by Crippen LogP contribution is -2.33. The zero-order chi connectivity index (χ0) is 17.2. The van der Waals surface area contributed by atoms with Gasteiger partial charge in [0, 0.05) is 12.5 Å². The van der Waals surface area contributed by atoms with E-state index in [1.807, 2.05) is 79.7 Å². The highest BCUT2D eigenvalue weighted by atomic mass is 16.3. The molecule has 3 nitrogen and oxygen atoms in total. The van der Waals surface area contributed by atoms with E-state index in [0.717, 1.165) is 11.1 Å². The monoisotopic (exact) mass is 323 g/mol. The fraction of sp³-hybridized carbons (Fsp3) is 0.286. The molecule has 0 radical (unpaired) electrons. The van der Waals surface area contributed by atoms with Gasteiger partial charge in [-0.25, -0.2) is 0 Å². The second-order valence-corrected chi connectivity index (χ2v) is 5.98. The Hall–Kier alpha value is -2.39. The lowest BCUT2D eigenvalue weighted by Gasteiger charge is -2.18. The van der Waals surface area contributed by atoms with E-state index in [4.69, 9.17) is 0 Å². The van der Waals surface area contributed by atoms with Crippen molar-refractivity contribution in [2.75, 3.05) is 0 Å². The fourth-order valence-electron chi connectivity index (χ4n) is 2.55. The third-order valence-corrected chi connectivity index (χ3v) is 3.82. The predicted molar refractivity (Wildman–Crippen MR) is 98.3 cm³/mol. The second-order valence-electron chi connectivity index (χ2n) is 5.98. The van der Waals surface area contributed by atoms with Crippen molar-refractivity contribution in [1.82, 2.24) is 5.32 Å². The van der Waals surface area contributed by atoms with Crippen LogP contribution in [-0.4, -0.2) is 17.1 Å². The van der Waals surface area contributed by atoms with E-state index in [1.165, 1.54) is 0 Å². The highest BCUT2D eigenvalue weighted by Gasteiger charge is 2.13. The molecule has 0 aliphatic heterocycles. The predicted octanol–water partition coefficient (Wildman–Crippen LogP) is 4.11. The summed E-state index contributed by atoms with van der Waals surface area (Å²) in [6, 6.07) is 19.5. The SMILES string of the molecule is CC(CC(O)c1ccccc1)NC(=O)CC/C=C/c1ccccc1. The Morgan fingerprint density at radius 1 is 1.08 bits per heavy atom. The third-order valence-electron chi connectivity index (χ3n) is 3.82. The highest BCUT2D eigenvalue weighted by molar-refractivity contribution is 5.76. The molecular weight excluding hydrogens is 298 g/mol. The zero-order valence-corrected chi connectivity index (χ0v) is 14.1. The Balaban J connectivity index is 1.69. The van der Waals surface area contributed by atoms with Gasteiger partial charge in [-0.1, -0.05) is 72.8 Å². The van der Waals surface area contributed by atoms with Crippen molar-refractivity contribution in [2.24, 2.45) is 0 Å². The minimum Gasteiger partial charge on any atom is -0.388 e. The number of rotatable bonds is 8. The van der Waals surface area contributed by atoms with Crippen LogP contribution < -0.4 is 5.32 Å². The molecule has 0 fully saturated rings. The van der Waals surface area contributed by atoms with E-state index < -0.39 is 6.10 Å². The van der Waals surface area contributed by atoms with E-state index in [-0.39, 0.29) is 11.9 Å². The molecule has 0 aliphatic rings. The van der Waals surface area contributed by atoms with Gasteiger partial charge >= 0.3 is 0 Å². The Kier molecular flexibility index (Phi) is 7.24. The molecule has 0 bridgehead atoms. The normalized spacial score (nSPS) is 13.6. The first kappa shape index (κ1) is 18.0. The zero-order valence-electron chi connectivity index (χ0n) is 14.1. The molecule has 2 aromatic rings.